The molecule has 0 aliphatic heterocycles. The van der Waals surface area contributed by atoms with Gasteiger partial charge in [-0.05, 0) is 12.8 Å². The second-order valence-electron chi connectivity index (χ2n) is 6.41. The van der Waals surface area contributed by atoms with Crippen LogP contribution in [0.1, 0.15) is 97.3 Å². The van der Waals surface area contributed by atoms with Crippen LogP contribution in [-0.4, -0.2) is 24.9 Å². The highest BCUT2D eigenvalue weighted by Gasteiger charge is 2.04. The molecule has 0 rings (SSSR count). The van der Waals surface area contributed by atoms with Gasteiger partial charge in [0.1, 0.15) is 0 Å². The van der Waals surface area contributed by atoms with Gasteiger partial charge in [-0.3, -0.25) is 9.59 Å². The molecule has 0 saturated heterocycles. The fourth-order valence-corrected chi connectivity index (χ4v) is 2.53. The average Bonchev–Trinajstić information content (AvgIpc) is 2.55. The van der Waals surface area contributed by atoms with Gasteiger partial charge >= 0.3 is 0 Å². The summed E-state index contributed by atoms with van der Waals surface area (Å²) in [6, 6.07) is 0. The molecule has 0 aromatic heterocycles. The minimum absolute atomic E-state index is 0.00444. The van der Waals surface area contributed by atoms with E-state index in [-0.39, 0.29) is 18.4 Å². The second-order valence-corrected chi connectivity index (χ2v) is 6.41. The summed E-state index contributed by atoms with van der Waals surface area (Å²) in [7, 11) is 0. The first-order chi connectivity index (χ1) is 11.2. The molecule has 4 nitrogen and oxygen atoms in total. The number of carbonyl (C=O) groups is 2. The van der Waals surface area contributed by atoms with Gasteiger partial charge in [0, 0.05) is 13.0 Å². The van der Waals surface area contributed by atoms with E-state index >= 15 is 0 Å². The molecule has 136 valence electrons. The molecule has 0 heterocycles. The Morgan fingerprint density at radius 3 is 1.74 bits per heavy atom. The summed E-state index contributed by atoms with van der Waals surface area (Å²) in [4.78, 5) is 23.2. The zero-order valence-electron chi connectivity index (χ0n) is 15.4. The molecule has 0 spiro atoms. The Bertz CT molecular complexity index is 293. The summed E-state index contributed by atoms with van der Waals surface area (Å²) in [5.41, 5.74) is 0. The Morgan fingerprint density at radius 1 is 0.609 bits per heavy atom. The third-order valence-corrected chi connectivity index (χ3v) is 4.06. The molecule has 0 unspecified atom stereocenters. The van der Waals surface area contributed by atoms with E-state index in [9.17, 15) is 9.59 Å². The van der Waals surface area contributed by atoms with E-state index < -0.39 is 0 Å². The Hall–Kier alpha value is -1.06. The van der Waals surface area contributed by atoms with Crippen LogP contribution in [0.3, 0.4) is 0 Å². The molecular formula is C19H38N2O2. The molecule has 0 radical (unpaired) electrons. The van der Waals surface area contributed by atoms with Crippen LogP contribution in [-0.2, 0) is 9.59 Å². The van der Waals surface area contributed by atoms with Crippen molar-refractivity contribution < 1.29 is 9.59 Å². The van der Waals surface area contributed by atoms with E-state index in [1.807, 2.05) is 0 Å². The second kappa shape index (κ2) is 17.3. The highest BCUT2D eigenvalue weighted by atomic mass is 16.2. The van der Waals surface area contributed by atoms with Crippen LogP contribution in [0.4, 0.5) is 0 Å². The van der Waals surface area contributed by atoms with Gasteiger partial charge in [-0.2, -0.15) is 0 Å². The van der Waals surface area contributed by atoms with Crippen LogP contribution in [0.25, 0.3) is 0 Å². The molecule has 4 heteroatoms. The summed E-state index contributed by atoms with van der Waals surface area (Å²) < 4.78 is 0. The zero-order valence-corrected chi connectivity index (χ0v) is 15.4. The van der Waals surface area contributed by atoms with Gasteiger partial charge in [0.25, 0.3) is 0 Å². The van der Waals surface area contributed by atoms with Crippen LogP contribution in [0.2, 0.25) is 0 Å². The molecular weight excluding hydrogens is 288 g/mol. The van der Waals surface area contributed by atoms with Crippen LogP contribution >= 0.6 is 0 Å². The number of amides is 2. The lowest BCUT2D eigenvalue weighted by molar-refractivity contribution is -0.126. The molecule has 0 saturated carbocycles. The topological polar surface area (TPSA) is 58.2 Å². The predicted molar refractivity (Wildman–Crippen MR) is 97.4 cm³/mol. The molecule has 23 heavy (non-hydrogen) atoms. The highest BCUT2D eigenvalue weighted by molar-refractivity contribution is 5.84. The van der Waals surface area contributed by atoms with Gasteiger partial charge in [0.15, 0.2) is 0 Å². The average molecular weight is 327 g/mol. The van der Waals surface area contributed by atoms with Gasteiger partial charge in [-0.15, -0.1) is 0 Å². The molecule has 0 atom stereocenters. The first kappa shape index (κ1) is 21.9. The van der Waals surface area contributed by atoms with E-state index in [1.54, 1.807) is 0 Å². The molecule has 2 N–H and O–H groups in total. The summed E-state index contributed by atoms with van der Waals surface area (Å²) >= 11 is 0. The number of nitrogens with one attached hydrogen (secondary N) is 2. The Balaban J connectivity index is 3.35. The van der Waals surface area contributed by atoms with Crippen molar-refractivity contribution in [1.29, 1.82) is 0 Å². The van der Waals surface area contributed by atoms with E-state index in [0.29, 0.717) is 6.42 Å². The van der Waals surface area contributed by atoms with Crippen molar-refractivity contribution in [3.05, 3.63) is 0 Å². The van der Waals surface area contributed by atoms with Crippen molar-refractivity contribution in [2.75, 3.05) is 13.1 Å². The normalized spacial score (nSPS) is 10.5. The largest absolute Gasteiger partial charge is 0.355 e. The smallest absolute Gasteiger partial charge is 0.239 e. The van der Waals surface area contributed by atoms with Gasteiger partial charge in [-0.1, -0.05) is 78.1 Å². The summed E-state index contributed by atoms with van der Waals surface area (Å²) in [6.07, 6.45) is 14.9. The van der Waals surface area contributed by atoms with Crippen molar-refractivity contribution in [1.82, 2.24) is 10.6 Å². The highest BCUT2D eigenvalue weighted by Crippen LogP contribution is 2.06. The summed E-state index contributed by atoms with van der Waals surface area (Å²) in [5.74, 6) is -0.0786. The van der Waals surface area contributed by atoms with Crippen molar-refractivity contribution in [3.8, 4) is 0 Å². The Kier molecular flexibility index (Phi) is 16.5. The van der Waals surface area contributed by atoms with Crippen molar-refractivity contribution in [2.45, 2.75) is 97.3 Å². The van der Waals surface area contributed by atoms with Crippen LogP contribution in [0.15, 0.2) is 0 Å². The zero-order chi connectivity index (χ0) is 17.2. The fraction of sp³-hybridized carbons (Fsp3) is 0.895. The monoisotopic (exact) mass is 326 g/mol. The van der Waals surface area contributed by atoms with E-state index in [4.69, 9.17) is 0 Å². The maximum absolute atomic E-state index is 11.6. The SMILES string of the molecule is CCCCCCCCNC(=O)CNC(=O)CCCCCCCC. The van der Waals surface area contributed by atoms with Crippen molar-refractivity contribution >= 4 is 11.8 Å². The van der Waals surface area contributed by atoms with Crippen LogP contribution in [0.5, 0.6) is 0 Å². The first-order valence-corrected chi connectivity index (χ1v) is 9.74. The Labute approximate surface area is 143 Å². The molecule has 0 aromatic carbocycles. The first-order valence-electron chi connectivity index (χ1n) is 9.74. The van der Waals surface area contributed by atoms with E-state index in [1.165, 1.54) is 57.8 Å². The minimum Gasteiger partial charge on any atom is -0.355 e. The standard InChI is InChI=1S/C19H38N2O2/c1-3-5-7-9-11-13-15-18(22)21-17-19(23)20-16-14-12-10-8-6-4-2/h3-17H2,1-2H3,(H,20,23)(H,21,22). The lowest BCUT2D eigenvalue weighted by atomic mass is 10.1. The van der Waals surface area contributed by atoms with Gasteiger partial charge in [-0.25, -0.2) is 0 Å². The molecule has 0 aromatic rings. The number of hydrogen-bond acceptors (Lipinski definition) is 2. The van der Waals surface area contributed by atoms with Gasteiger partial charge < -0.3 is 10.6 Å². The third kappa shape index (κ3) is 17.1. The maximum Gasteiger partial charge on any atom is 0.239 e. The summed E-state index contributed by atoms with van der Waals surface area (Å²) in [6.45, 7) is 5.24. The van der Waals surface area contributed by atoms with Crippen LogP contribution < -0.4 is 10.6 Å². The van der Waals surface area contributed by atoms with E-state index in [2.05, 4.69) is 24.5 Å². The molecule has 0 aliphatic rings. The van der Waals surface area contributed by atoms with Gasteiger partial charge in [0.05, 0.1) is 6.54 Å². The van der Waals surface area contributed by atoms with Crippen molar-refractivity contribution in [2.24, 2.45) is 0 Å². The third-order valence-electron chi connectivity index (χ3n) is 4.06. The van der Waals surface area contributed by atoms with E-state index in [0.717, 1.165) is 25.8 Å². The fourth-order valence-electron chi connectivity index (χ4n) is 2.53. The predicted octanol–water partition coefficient (Wildman–Crippen LogP) is 4.33. The Morgan fingerprint density at radius 2 is 1.13 bits per heavy atom. The minimum atomic E-state index is -0.0742. The van der Waals surface area contributed by atoms with Crippen molar-refractivity contribution in [3.63, 3.8) is 0 Å². The lowest BCUT2D eigenvalue weighted by Gasteiger charge is -2.07. The summed E-state index contributed by atoms with van der Waals surface area (Å²) in [5, 5.41) is 5.57. The molecule has 2 amide bonds. The molecule has 0 aliphatic carbocycles. The van der Waals surface area contributed by atoms with Gasteiger partial charge in [0.2, 0.25) is 11.8 Å². The van der Waals surface area contributed by atoms with Crippen LogP contribution in [0, 0.1) is 0 Å². The molecule has 0 bridgehead atoms. The maximum atomic E-state index is 11.6. The number of hydrogen-bond donors (Lipinski definition) is 2. The quantitative estimate of drug-likeness (QED) is 0.415. The molecule has 0 fully saturated rings. The number of rotatable bonds is 16. The lowest BCUT2D eigenvalue weighted by Crippen LogP contribution is -2.37. The number of unbranched alkanes of at least 4 members (excludes halogenated alkanes) is 10. The number of carbonyl (C=O) groups excluding carboxylic acids is 2.